The molecule has 21 heavy (non-hydrogen) atoms. The molecule has 5 heteroatoms. The number of hydrogen-bond donors (Lipinski definition) is 0. The molecule has 0 fully saturated rings. The van der Waals surface area contributed by atoms with Gasteiger partial charge in [-0.15, -0.1) is 11.6 Å². The molecule has 108 valence electrons. The first-order chi connectivity index (χ1) is 9.97. The number of nitrogens with zero attached hydrogens (tertiary/aromatic N) is 3. The van der Waals surface area contributed by atoms with Gasteiger partial charge in [0.2, 0.25) is 0 Å². The lowest BCUT2D eigenvalue weighted by Gasteiger charge is -2.13. The Morgan fingerprint density at radius 3 is 2.57 bits per heavy atom. The maximum atomic E-state index is 6.32. The molecule has 0 saturated heterocycles. The highest BCUT2D eigenvalue weighted by Gasteiger charge is 2.18. The van der Waals surface area contributed by atoms with Gasteiger partial charge in [0.1, 0.15) is 11.3 Å². The molecule has 0 bridgehead atoms. The molecule has 3 aromatic rings. The molecule has 1 aromatic carbocycles. The average molecular weight is 320 g/mol. The van der Waals surface area contributed by atoms with Gasteiger partial charge in [0.25, 0.3) is 0 Å². The number of rotatable bonds is 2. The summed E-state index contributed by atoms with van der Waals surface area (Å²) in [6, 6.07) is 9.71. The van der Waals surface area contributed by atoms with Crippen LogP contribution in [0.1, 0.15) is 29.4 Å². The lowest BCUT2D eigenvalue weighted by Crippen LogP contribution is -2.04. The van der Waals surface area contributed by atoms with Crippen molar-refractivity contribution >= 4 is 34.4 Å². The molecule has 0 amide bonds. The zero-order valence-corrected chi connectivity index (χ0v) is 13.6. The molecule has 3 nitrogen and oxygen atoms in total. The highest BCUT2D eigenvalue weighted by Crippen LogP contribution is 2.30. The lowest BCUT2D eigenvalue weighted by atomic mass is 10.2. The fourth-order valence-electron chi connectivity index (χ4n) is 2.40. The summed E-state index contributed by atoms with van der Waals surface area (Å²) < 4.78 is 2.00. The minimum Gasteiger partial charge on any atom is -0.279 e. The average Bonchev–Trinajstić information content (AvgIpc) is 2.80. The van der Waals surface area contributed by atoms with E-state index < -0.39 is 0 Å². The Labute approximate surface area is 133 Å². The molecule has 2 aromatic heterocycles. The lowest BCUT2D eigenvalue weighted by molar-refractivity contribution is 0.871. The Balaban J connectivity index is 2.41. The smallest absolute Gasteiger partial charge is 0.164 e. The minimum absolute atomic E-state index is 0.224. The first kappa shape index (κ1) is 14.4. The molecule has 0 N–H and O–H groups in total. The summed E-state index contributed by atoms with van der Waals surface area (Å²) in [5.74, 6) is 0.773. The van der Waals surface area contributed by atoms with Crippen molar-refractivity contribution in [3.8, 4) is 5.69 Å². The molecule has 0 aliphatic carbocycles. The zero-order chi connectivity index (χ0) is 15.1. The van der Waals surface area contributed by atoms with E-state index in [2.05, 4.69) is 9.97 Å². The van der Waals surface area contributed by atoms with Crippen LogP contribution in [-0.4, -0.2) is 14.5 Å². The van der Waals surface area contributed by atoms with Crippen molar-refractivity contribution in [2.24, 2.45) is 0 Å². The maximum absolute atomic E-state index is 6.32. The monoisotopic (exact) mass is 319 g/mol. The summed E-state index contributed by atoms with van der Waals surface area (Å²) in [5, 5.41) is 0.455. The maximum Gasteiger partial charge on any atom is 0.164 e. The van der Waals surface area contributed by atoms with Crippen molar-refractivity contribution in [2.75, 3.05) is 0 Å². The van der Waals surface area contributed by atoms with E-state index in [0.29, 0.717) is 5.02 Å². The van der Waals surface area contributed by atoms with E-state index >= 15 is 0 Å². The first-order valence-corrected chi connectivity index (χ1v) is 7.55. The first-order valence-electron chi connectivity index (χ1n) is 6.74. The highest BCUT2D eigenvalue weighted by molar-refractivity contribution is 6.30. The van der Waals surface area contributed by atoms with E-state index in [1.165, 1.54) is 0 Å². The second kappa shape index (κ2) is 5.32. The highest BCUT2D eigenvalue weighted by atomic mass is 35.5. The predicted molar refractivity (Wildman–Crippen MR) is 87.6 cm³/mol. The molecular formula is C16H15Cl2N3. The summed E-state index contributed by atoms with van der Waals surface area (Å²) in [7, 11) is 0. The van der Waals surface area contributed by atoms with E-state index in [1.54, 1.807) is 0 Å². The molecule has 0 aliphatic heterocycles. The van der Waals surface area contributed by atoms with Crippen LogP contribution >= 0.6 is 23.2 Å². The van der Waals surface area contributed by atoms with E-state index in [0.717, 1.165) is 33.9 Å². The van der Waals surface area contributed by atoms with E-state index in [9.17, 15) is 0 Å². The Hall–Kier alpha value is -1.58. The van der Waals surface area contributed by atoms with Crippen LogP contribution in [-0.2, 0) is 0 Å². The molecule has 1 atom stereocenters. The number of imidazole rings is 1. The Bertz CT molecular complexity index is 822. The SMILES string of the molecule is Cc1ccc2nc(C(C)Cl)n(-c3cc(Cl)ccc3C)c2n1. The zero-order valence-electron chi connectivity index (χ0n) is 12.1. The number of pyridine rings is 1. The Kier molecular flexibility index (Phi) is 3.64. The largest absolute Gasteiger partial charge is 0.279 e. The molecule has 0 aliphatic rings. The van der Waals surface area contributed by atoms with Crippen molar-refractivity contribution in [2.45, 2.75) is 26.1 Å². The number of alkyl halides is 1. The van der Waals surface area contributed by atoms with Gasteiger partial charge >= 0.3 is 0 Å². The standard InChI is InChI=1S/C16H15Cl2N3/c1-9-4-6-12(18)8-14(9)21-15(11(3)17)20-13-7-5-10(2)19-16(13)21/h4-8,11H,1-3H3. The van der Waals surface area contributed by atoms with Gasteiger partial charge in [-0.2, -0.15) is 0 Å². The van der Waals surface area contributed by atoms with Crippen LogP contribution in [0.3, 0.4) is 0 Å². The van der Waals surface area contributed by atoms with Gasteiger partial charge < -0.3 is 0 Å². The van der Waals surface area contributed by atoms with Crippen LogP contribution in [0, 0.1) is 13.8 Å². The fraction of sp³-hybridized carbons (Fsp3) is 0.250. The summed E-state index contributed by atoms with van der Waals surface area (Å²) in [4.78, 5) is 9.25. The number of fused-ring (bicyclic) bond motifs is 1. The third-order valence-electron chi connectivity index (χ3n) is 3.44. The quantitative estimate of drug-likeness (QED) is 0.623. The molecular weight excluding hydrogens is 305 g/mol. The van der Waals surface area contributed by atoms with Crippen molar-refractivity contribution in [3.05, 3.63) is 52.4 Å². The molecule has 0 spiro atoms. The van der Waals surface area contributed by atoms with Crippen molar-refractivity contribution in [1.82, 2.24) is 14.5 Å². The summed E-state index contributed by atoms with van der Waals surface area (Å²) >= 11 is 12.5. The second-order valence-electron chi connectivity index (χ2n) is 5.15. The summed E-state index contributed by atoms with van der Waals surface area (Å²) in [6.45, 7) is 5.91. The van der Waals surface area contributed by atoms with Crippen LogP contribution in [0.4, 0.5) is 0 Å². The number of halogens is 2. The van der Waals surface area contributed by atoms with Gasteiger partial charge in [0.15, 0.2) is 5.65 Å². The van der Waals surface area contributed by atoms with Crippen LogP contribution in [0.15, 0.2) is 30.3 Å². The van der Waals surface area contributed by atoms with Gasteiger partial charge in [-0.1, -0.05) is 17.7 Å². The molecule has 0 saturated carbocycles. The van der Waals surface area contributed by atoms with Gasteiger partial charge in [0.05, 0.1) is 11.1 Å². The van der Waals surface area contributed by atoms with Crippen molar-refractivity contribution < 1.29 is 0 Å². The fourth-order valence-corrected chi connectivity index (χ4v) is 2.71. The van der Waals surface area contributed by atoms with Gasteiger partial charge in [-0.05, 0) is 50.6 Å². The second-order valence-corrected chi connectivity index (χ2v) is 6.24. The Morgan fingerprint density at radius 2 is 1.86 bits per heavy atom. The third-order valence-corrected chi connectivity index (χ3v) is 3.87. The van der Waals surface area contributed by atoms with Crippen molar-refractivity contribution in [3.63, 3.8) is 0 Å². The van der Waals surface area contributed by atoms with Gasteiger partial charge in [0, 0.05) is 10.7 Å². The van der Waals surface area contributed by atoms with Crippen LogP contribution in [0.2, 0.25) is 5.02 Å². The summed E-state index contributed by atoms with van der Waals surface area (Å²) in [5.41, 5.74) is 4.65. The van der Waals surface area contributed by atoms with Crippen LogP contribution in [0.25, 0.3) is 16.9 Å². The van der Waals surface area contributed by atoms with E-state index in [-0.39, 0.29) is 5.38 Å². The van der Waals surface area contributed by atoms with E-state index in [1.807, 2.05) is 55.7 Å². The summed E-state index contributed by atoms with van der Waals surface area (Å²) in [6.07, 6.45) is 0. The predicted octanol–water partition coefficient (Wildman–Crippen LogP) is 4.99. The Morgan fingerprint density at radius 1 is 1.10 bits per heavy atom. The number of aryl methyl sites for hydroxylation is 2. The molecule has 1 unspecified atom stereocenters. The normalized spacial score (nSPS) is 12.8. The minimum atomic E-state index is -0.224. The number of hydrogen-bond acceptors (Lipinski definition) is 2. The third kappa shape index (κ3) is 2.52. The van der Waals surface area contributed by atoms with E-state index in [4.69, 9.17) is 23.2 Å². The number of benzene rings is 1. The van der Waals surface area contributed by atoms with Crippen molar-refractivity contribution in [1.29, 1.82) is 0 Å². The van der Waals surface area contributed by atoms with Gasteiger partial charge in [-0.25, -0.2) is 9.97 Å². The molecule has 2 heterocycles. The van der Waals surface area contributed by atoms with Crippen LogP contribution < -0.4 is 0 Å². The molecule has 0 radical (unpaired) electrons. The van der Waals surface area contributed by atoms with Gasteiger partial charge in [-0.3, -0.25) is 4.57 Å². The topological polar surface area (TPSA) is 30.7 Å². The van der Waals surface area contributed by atoms with Crippen LogP contribution in [0.5, 0.6) is 0 Å². The number of aromatic nitrogens is 3. The molecule has 3 rings (SSSR count).